The van der Waals surface area contributed by atoms with Crippen molar-refractivity contribution in [3.8, 4) is 0 Å². The molecule has 0 saturated carbocycles. The summed E-state index contributed by atoms with van der Waals surface area (Å²) in [6.45, 7) is 10.3. The van der Waals surface area contributed by atoms with Crippen LogP contribution in [0.25, 0.3) is 0 Å². The zero-order valence-electron chi connectivity index (χ0n) is 12.7. The lowest BCUT2D eigenvalue weighted by atomic mass is 10.3. The van der Waals surface area contributed by atoms with Crippen LogP contribution < -0.4 is 5.32 Å². The third-order valence-electron chi connectivity index (χ3n) is 1.64. The van der Waals surface area contributed by atoms with Crippen molar-refractivity contribution < 1.29 is 4.79 Å². The molecule has 0 bridgehead atoms. The zero-order chi connectivity index (χ0) is 14.6. The van der Waals surface area contributed by atoms with Crippen LogP contribution in [0.5, 0.6) is 0 Å². The first-order valence-electron chi connectivity index (χ1n) is 6.45. The predicted octanol–water partition coefficient (Wildman–Crippen LogP) is 2.94. The van der Waals surface area contributed by atoms with E-state index in [1.807, 2.05) is 65.7 Å². The minimum absolute atomic E-state index is 0.0481. The molecule has 18 heavy (non-hydrogen) atoms. The van der Waals surface area contributed by atoms with Crippen LogP contribution in [0.15, 0.2) is 18.3 Å². The molecular formula is C14H27N3O. The summed E-state index contributed by atoms with van der Waals surface area (Å²) in [5, 5.41) is 2.72. The first-order valence-corrected chi connectivity index (χ1v) is 6.45. The Morgan fingerprint density at radius 2 is 1.83 bits per heavy atom. The minimum Gasteiger partial charge on any atom is -0.310 e. The van der Waals surface area contributed by atoms with Crippen molar-refractivity contribution in [2.75, 3.05) is 26.0 Å². The number of amides is 1. The first-order chi connectivity index (χ1) is 8.58. The minimum atomic E-state index is -0.0481. The number of carbonyl (C=O) groups excluding carboxylic acids is 1. The Hall–Kier alpha value is -1.42. The number of likely N-dealkylation sites (N-methyl/N-ethyl adjacent to an activating group) is 1. The summed E-state index contributed by atoms with van der Waals surface area (Å²) in [6.07, 6.45) is 1.68. The summed E-state index contributed by atoms with van der Waals surface area (Å²) in [6, 6.07) is 3.73. The van der Waals surface area contributed by atoms with E-state index in [1.165, 1.54) is 0 Å². The van der Waals surface area contributed by atoms with Crippen LogP contribution in [0.2, 0.25) is 0 Å². The van der Waals surface area contributed by atoms with E-state index in [9.17, 15) is 4.79 Å². The molecule has 104 valence electrons. The molecule has 1 aromatic heterocycles. The Labute approximate surface area is 111 Å². The smallest absolute Gasteiger partial charge is 0.239 e. The van der Waals surface area contributed by atoms with Gasteiger partial charge in [-0.1, -0.05) is 27.7 Å². The van der Waals surface area contributed by atoms with E-state index in [0.717, 1.165) is 5.56 Å². The number of aryl methyl sites for hydroxylation is 1. The maximum absolute atomic E-state index is 11.3. The summed E-state index contributed by atoms with van der Waals surface area (Å²) in [7, 11) is 3.70. The van der Waals surface area contributed by atoms with Gasteiger partial charge in [0.05, 0.1) is 6.54 Å². The van der Waals surface area contributed by atoms with Crippen molar-refractivity contribution >= 4 is 11.7 Å². The fraction of sp³-hybridized carbons (Fsp3) is 0.571. The van der Waals surface area contributed by atoms with Gasteiger partial charge in [0, 0.05) is 6.20 Å². The molecule has 0 aliphatic carbocycles. The maximum atomic E-state index is 11.3. The molecule has 0 unspecified atom stereocenters. The molecule has 4 heteroatoms. The third kappa shape index (κ3) is 9.78. The number of aromatic nitrogens is 1. The van der Waals surface area contributed by atoms with Crippen LogP contribution in [0, 0.1) is 6.92 Å². The van der Waals surface area contributed by atoms with Gasteiger partial charge in [-0.2, -0.15) is 0 Å². The topological polar surface area (TPSA) is 45.2 Å². The zero-order valence-corrected chi connectivity index (χ0v) is 12.7. The highest BCUT2D eigenvalue weighted by Crippen LogP contribution is 2.04. The fourth-order valence-corrected chi connectivity index (χ4v) is 1.07. The second kappa shape index (κ2) is 12.0. The molecule has 0 radical (unpaired) electrons. The molecule has 1 heterocycles. The summed E-state index contributed by atoms with van der Waals surface area (Å²) >= 11 is 0. The van der Waals surface area contributed by atoms with Gasteiger partial charge in [0.1, 0.15) is 5.82 Å². The van der Waals surface area contributed by atoms with Gasteiger partial charge in [0.25, 0.3) is 0 Å². The third-order valence-corrected chi connectivity index (χ3v) is 1.64. The summed E-state index contributed by atoms with van der Waals surface area (Å²) in [5.74, 6) is 0.560. The van der Waals surface area contributed by atoms with E-state index in [4.69, 9.17) is 0 Å². The molecule has 0 saturated heterocycles. The lowest BCUT2D eigenvalue weighted by molar-refractivity contribution is -0.116. The van der Waals surface area contributed by atoms with E-state index in [1.54, 1.807) is 6.20 Å². The summed E-state index contributed by atoms with van der Waals surface area (Å²) < 4.78 is 0. The number of anilines is 1. The Morgan fingerprint density at radius 3 is 2.28 bits per heavy atom. The van der Waals surface area contributed by atoms with Crippen molar-refractivity contribution in [2.45, 2.75) is 34.6 Å². The molecule has 1 rings (SSSR count). The van der Waals surface area contributed by atoms with Crippen LogP contribution in [-0.2, 0) is 4.79 Å². The normalized spacial score (nSPS) is 8.67. The molecule has 1 amide bonds. The molecule has 0 aliphatic rings. The van der Waals surface area contributed by atoms with Crippen LogP contribution in [-0.4, -0.2) is 36.4 Å². The number of nitrogens with one attached hydrogen (secondary N) is 1. The first kappa shape index (κ1) is 18.9. The van der Waals surface area contributed by atoms with Gasteiger partial charge in [-0.3, -0.25) is 4.79 Å². The van der Waals surface area contributed by atoms with Gasteiger partial charge in [0.15, 0.2) is 0 Å². The number of pyridine rings is 1. The molecule has 0 aromatic carbocycles. The average molecular weight is 253 g/mol. The number of carbonyl (C=O) groups is 1. The van der Waals surface area contributed by atoms with Crippen molar-refractivity contribution in [1.82, 2.24) is 9.88 Å². The monoisotopic (exact) mass is 253 g/mol. The van der Waals surface area contributed by atoms with E-state index in [0.29, 0.717) is 12.4 Å². The van der Waals surface area contributed by atoms with Crippen molar-refractivity contribution in [3.63, 3.8) is 0 Å². The van der Waals surface area contributed by atoms with Gasteiger partial charge < -0.3 is 10.2 Å². The molecular weight excluding hydrogens is 226 g/mol. The number of rotatable bonds is 3. The molecule has 0 aliphatic heterocycles. The van der Waals surface area contributed by atoms with Gasteiger partial charge >= 0.3 is 0 Å². The van der Waals surface area contributed by atoms with Crippen molar-refractivity contribution in [2.24, 2.45) is 0 Å². The van der Waals surface area contributed by atoms with Gasteiger partial charge in [-0.05, 0) is 38.7 Å². The summed E-state index contributed by atoms with van der Waals surface area (Å²) in [5.41, 5.74) is 1.08. The Balaban J connectivity index is 0. The molecule has 0 atom stereocenters. The van der Waals surface area contributed by atoms with Crippen LogP contribution in [0.3, 0.4) is 0 Å². The quantitative estimate of drug-likeness (QED) is 0.901. The SMILES string of the molecule is CC.CC.Cc1ccnc(NC(=O)CN(C)C)c1. The number of hydrogen-bond acceptors (Lipinski definition) is 3. The predicted molar refractivity (Wildman–Crippen MR) is 78.9 cm³/mol. The fourth-order valence-electron chi connectivity index (χ4n) is 1.07. The molecule has 4 nitrogen and oxygen atoms in total. The highest BCUT2D eigenvalue weighted by Gasteiger charge is 2.03. The maximum Gasteiger partial charge on any atom is 0.239 e. The summed E-state index contributed by atoms with van der Waals surface area (Å²) in [4.78, 5) is 17.2. The number of hydrogen-bond donors (Lipinski definition) is 1. The van der Waals surface area contributed by atoms with E-state index >= 15 is 0 Å². The Morgan fingerprint density at radius 1 is 1.28 bits per heavy atom. The van der Waals surface area contributed by atoms with E-state index in [-0.39, 0.29) is 5.91 Å². The van der Waals surface area contributed by atoms with Crippen LogP contribution in [0.1, 0.15) is 33.3 Å². The van der Waals surface area contributed by atoms with Gasteiger partial charge in [-0.15, -0.1) is 0 Å². The lowest BCUT2D eigenvalue weighted by Gasteiger charge is -2.09. The molecule has 0 spiro atoms. The second-order valence-electron chi connectivity index (χ2n) is 3.50. The standard InChI is InChI=1S/C10H15N3O.2C2H6/c1-8-4-5-11-9(6-8)12-10(14)7-13(2)3;2*1-2/h4-6H,7H2,1-3H3,(H,11,12,14);2*1-2H3. The van der Waals surface area contributed by atoms with Crippen molar-refractivity contribution in [1.29, 1.82) is 0 Å². The van der Waals surface area contributed by atoms with Crippen molar-refractivity contribution in [3.05, 3.63) is 23.9 Å². The number of nitrogens with zero attached hydrogens (tertiary/aromatic N) is 2. The van der Waals surface area contributed by atoms with E-state index in [2.05, 4.69) is 10.3 Å². The molecule has 1 aromatic rings. The van der Waals surface area contributed by atoms with Gasteiger partial charge in [0.2, 0.25) is 5.91 Å². The largest absolute Gasteiger partial charge is 0.310 e. The molecule has 0 fully saturated rings. The van der Waals surface area contributed by atoms with Crippen LogP contribution in [0.4, 0.5) is 5.82 Å². The Kier molecular flexibility index (Phi) is 12.7. The van der Waals surface area contributed by atoms with Gasteiger partial charge in [-0.25, -0.2) is 4.98 Å². The highest BCUT2D eigenvalue weighted by atomic mass is 16.2. The molecule has 1 N–H and O–H groups in total. The lowest BCUT2D eigenvalue weighted by Crippen LogP contribution is -2.27. The van der Waals surface area contributed by atoms with E-state index < -0.39 is 0 Å². The average Bonchev–Trinajstić information content (AvgIpc) is 2.33. The second-order valence-corrected chi connectivity index (χ2v) is 3.50. The highest BCUT2D eigenvalue weighted by molar-refractivity contribution is 5.91. The Bertz CT molecular complexity index is 325. The van der Waals surface area contributed by atoms with Crippen LogP contribution >= 0.6 is 0 Å².